The van der Waals surface area contributed by atoms with Crippen molar-refractivity contribution >= 4 is 59.8 Å². The molecule has 0 spiro atoms. The van der Waals surface area contributed by atoms with Crippen LogP contribution in [0.2, 0.25) is 0 Å². The molecule has 0 fully saturated rings. The zero-order chi connectivity index (χ0) is 32.4. The normalized spacial score (nSPS) is 11.8. The number of rotatable bonds is 17. The number of carbonyl (C=O) groups is 1. The molecule has 6 rings (SSSR count). The second-order valence-corrected chi connectivity index (χ2v) is 13.7. The highest BCUT2D eigenvalue weighted by Gasteiger charge is 2.14. The summed E-state index contributed by atoms with van der Waals surface area (Å²) in [6.45, 7) is 4.91. The molecule has 2 nitrogen and oxygen atoms in total. The van der Waals surface area contributed by atoms with Crippen molar-refractivity contribution in [3.05, 3.63) is 96.1 Å². The molecule has 0 atom stereocenters. The number of benzene rings is 6. The van der Waals surface area contributed by atoms with E-state index in [9.17, 15) is 4.79 Å². The van der Waals surface area contributed by atoms with E-state index in [1.807, 2.05) is 0 Å². The van der Waals surface area contributed by atoms with Crippen molar-refractivity contribution < 1.29 is 9.53 Å². The van der Waals surface area contributed by atoms with E-state index in [0.717, 1.165) is 30.2 Å². The number of hydrogen-bond acceptors (Lipinski definition) is 2. The van der Waals surface area contributed by atoms with Crippen molar-refractivity contribution in [3.63, 3.8) is 0 Å². The molecule has 0 aliphatic heterocycles. The van der Waals surface area contributed by atoms with Gasteiger partial charge in [0.1, 0.15) is 0 Å². The first kappa shape index (κ1) is 33.0. The lowest BCUT2D eigenvalue weighted by Gasteiger charge is -2.12. The SMILES string of the molecule is CCCCCCCCCCCCCCCCOC(=O)c1cc2cc3cc4cc5cc6ccccc6cc5cc4cc3cc2cc1CC. The highest BCUT2D eigenvalue weighted by atomic mass is 16.5. The third-order valence-corrected chi connectivity index (χ3v) is 10.1. The molecule has 0 heterocycles. The van der Waals surface area contributed by atoms with E-state index < -0.39 is 0 Å². The van der Waals surface area contributed by atoms with Gasteiger partial charge in [-0.1, -0.05) is 128 Å². The molecular formula is C45H52O2. The van der Waals surface area contributed by atoms with Gasteiger partial charge in [0.2, 0.25) is 0 Å². The number of aryl methyl sites for hydroxylation is 1. The molecule has 6 aromatic carbocycles. The number of carbonyl (C=O) groups excluding carboxylic acids is 1. The molecule has 0 aliphatic rings. The lowest BCUT2D eigenvalue weighted by molar-refractivity contribution is 0.0496. The van der Waals surface area contributed by atoms with E-state index >= 15 is 0 Å². The van der Waals surface area contributed by atoms with Gasteiger partial charge in [0.15, 0.2) is 0 Å². The Kier molecular flexibility index (Phi) is 11.4. The summed E-state index contributed by atoms with van der Waals surface area (Å²) >= 11 is 0. The van der Waals surface area contributed by atoms with Gasteiger partial charge in [-0.05, 0) is 127 Å². The Labute approximate surface area is 281 Å². The van der Waals surface area contributed by atoms with Gasteiger partial charge in [0.05, 0.1) is 12.2 Å². The molecule has 0 unspecified atom stereocenters. The van der Waals surface area contributed by atoms with E-state index in [0.29, 0.717) is 12.2 Å². The van der Waals surface area contributed by atoms with Crippen LogP contribution in [0.25, 0.3) is 53.9 Å². The van der Waals surface area contributed by atoms with Crippen LogP contribution in [-0.4, -0.2) is 12.6 Å². The van der Waals surface area contributed by atoms with E-state index in [1.54, 1.807) is 0 Å². The smallest absolute Gasteiger partial charge is 0.338 e. The molecule has 0 saturated carbocycles. The fraction of sp³-hybridized carbons (Fsp3) is 0.400. The zero-order valence-corrected chi connectivity index (χ0v) is 28.7. The standard InChI is InChI=1S/C45H52O2/c1-3-5-6-7-8-9-10-11-12-13-14-15-16-19-22-47-45(46)44-32-43-31-42-30-41-28-38-25-35-21-18-17-20-34(35)24-37(38)27-40(41)29-39(42)26-36(43)23-33(44)4-2/h17-18,20-21,23-32H,3-16,19,22H2,1-2H3. The van der Waals surface area contributed by atoms with E-state index in [1.165, 1.54) is 126 Å². The van der Waals surface area contributed by atoms with Gasteiger partial charge < -0.3 is 4.74 Å². The molecule has 2 heteroatoms. The van der Waals surface area contributed by atoms with Gasteiger partial charge in [0, 0.05) is 0 Å². The van der Waals surface area contributed by atoms with Crippen molar-refractivity contribution in [2.75, 3.05) is 6.61 Å². The maximum atomic E-state index is 13.2. The first-order valence-electron chi connectivity index (χ1n) is 18.6. The van der Waals surface area contributed by atoms with Crippen LogP contribution >= 0.6 is 0 Å². The summed E-state index contributed by atoms with van der Waals surface area (Å²) in [7, 11) is 0. The van der Waals surface area contributed by atoms with Crippen LogP contribution in [0.3, 0.4) is 0 Å². The molecule has 47 heavy (non-hydrogen) atoms. The Hall–Kier alpha value is -3.91. The topological polar surface area (TPSA) is 26.3 Å². The summed E-state index contributed by atoms with van der Waals surface area (Å²) in [5.74, 6) is -0.184. The minimum Gasteiger partial charge on any atom is -0.462 e. The fourth-order valence-corrected chi connectivity index (χ4v) is 7.32. The highest BCUT2D eigenvalue weighted by molar-refractivity contribution is 6.10. The van der Waals surface area contributed by atoms with Crippen molar-refractivity contribution in [2.24, 2.45) is 0 Å². The van der Waals surface area contributed by atoms with Gasteiger partial charge in [-0.3, -0.25) is 0 Å². The maximum absolute atomic E-state index is 13.2. The number of hydrogen-bond donors (Lipinski definition) is 0. The summed E-state index contributed by atoms with van der Waals surface area (Å²) in [5, 5.41) is 12.2. The highest BCUT2D eigenvalue weighted by Crippen LogP contribution is 2.33. The summed E-state index contributed by atoms with van der Waals surface area (Å²) < 4.78 is 5.80. The van der Waals surface area contributed by atoms with Gasteiger partial charge in [-0.2, -0.15) is 0 Å². The zero-order valence-electron chi connectivity index (χ0n) is 28.7. The second-order valence-electron chi connectivity index (χ2n) is 13.7. The Morgan fingerprint density at radius 2 is 0.809 bits per heavy atom. The summed E-state index contributed by atoms with van der Waals surface area (Å²) in [5.41, 5.74) is 1.77. The van der Waals surface area contributed by atoms with Crippen molar-refractivity contribution in [3.8, 4) is 0 Å². The van der Waals surface area contributed by atoms with E-state index in [2.05, 4.69) is 98.8 Å². The first-order valence-corrected chi connectivity index (χ1v) is 18.6. The third-order valence-electron chi connectivity index (χ3n) is 10.1. The Morgan fingerprint density at radius 3 is 1.23 bits per heavy atom. The average Bonchev–Trinajstić information content (AvgIpc) is 3.09. The summed E-state index contributed by atoms with van der Waals surface area (Å²) in [6.07, 6.45) is 19.3. The summed E-state index contributed by atoms with van der Waals surface area (Å²) in [6, 6.07) is 31.1. The molecule has 0 bridgehead atoms. The Bertz CT molecular complexity index is 1970. The molecule has 6 aromatic rings. The minimum absolute atomic E-state index is 0.184. The molecule has 244 valence electrons. The van der Waals surface area contributed by atoms with Gasteiger partial charge in [-0.15, -0.1) is 0 Å². The van der Waals surface area contributed by atoms with Crippen molar-refractivity contribution in [1.29, 1.82) is 0 Å². The Balaban J connectivity index is 1.04. The minimum atomic E-state index is -0.184. The third kappa shape index (κ3) is 8.33. The number of unbranched alkanes of at least 4 members (excludes halogenated alkanes) is 13. The van der Waals surface area contributed by atoms with Gasteiger partial charge in [-0.25, -0.2) is 4.79 Å². The molecule has 0 N–H and O–H groups in total. The lowest BCUT2D eigenvalue weighted by atomic mass is 9.94. The van der Waals surface area contributed by atoms with E-state index in [-0.39, 0.29) is 5.97 Å². The Morgan fingerprint density at radius 1 is 0.447 bits per heavy atom. The fourth-order valence-electron chi connectivity index (χ4n) is 7.32. The van der Waals surface area contributed by atoms with Crippen LogP contribution < -0.4 is 0 Å². The molecule has 0 saturated heterocycles. The number of esters is 1. The van der Waals surface area contributed by atoms with Crippen LogP contribution in [0.4, 0.5) is 0 Å². The average molecular weight is 625 g/mol. The van der Waals surface area contributed by atoms with Crippen molar-refractivity contribution in [1.82, 2.24) is 0 Å². The lowest BCUT2D eigenvalue weighted by Crippen LogP contribution is -2.09. The molecule has 0 radical (unpaired) electrons. The monoisotopic (exact) mass is 624 g/mol. The molecule has 0 amide bonds. The van der Waals surface area contributed by atoms with Gasteiger partial charge in [0.25, 0.3) is 0 Å². The number of fused-ring (bicyclic) bond motifs is 5. The van der Waals surface area contributed by atoms with Crippen LogP contribution in [0.15, 0.2) is 84.9 Å². The quantitative estimate of drug-likeness (QED) is 0.0573. The van der Waals surface area contributed by atoms with Gasteiger partial charge >= 0.3 is 5.97 Å². The van der Waals surface area contributed by atoms with Crippen LogP contribution in [-0.2, 0) is 11.2 Å². The molecular weight excluding hydrogens is 572 g/mol. The second kappa shape index (κ2) is 16.3. The van der Waals surface area contributed by atoms with Crippen LogP contribution in [0.1, 0.15) is 120 Å². The summed E-state index contributed by atoms with van der Waals surface area (Å²) in [4.78, 5) is 13.2. The first-order chi connectivity index (χ1) is 23.1. The molecule has 0 aliphatic carbocycles. The molecule has 0 aromatic heterocycles. The predicted molar refractivity (Wildman–Crippen MR) is 204 cm³/mol. The van der Waals surface area contributed by atoms with Crippen LogP contribution in [0, 0.1) is 0 Å². The maximum Gasteiger partial charge on any atom is 0.338 e. The van der Waals surface area contributed by atoms with Crippen molar-refractivity contribution in [2.45, 2.75) is 110 Å². The predicted octanol–water partition coefficient (Wildman–Crippen LogP) is 13.7. The van der Waals surface area contributed by atoms with Crippen LogP contribution in [0.5, 0.6) is 0 Å². The largest absolute Gasteiger partial charge is 0.462 e. The number of ether oxygens (including phenoxy) is 1. The van der Waals surface area contributed by atoms with E-state index in [4.69, 9.17) is 4.74 Å².